The molecule has 1 N–H and O–H groups in total. The molecule has 2 atom stereocenters. The van der Waals surface area contributed by atoms with Crippen molar-refractivity contribution >= 4 is 6.09 Å². The molecular formula is C13H17FN2O3. The average Bonchev–Trinajstić information content (AvgIpc) is 2.38. The maximum absolute atomic E-state index is 13.0. The number of nitrogens with zero attached hydrogens (tertiary/aromatic N) is 2. The second-order valence-corrected chi connectivity index (χ2v) is 4.76. The molecule has 1 amide bonds. The number of hydrogen-bond donors (Lipinski definition) is 1. The topological polar surface area (TPSA) is 62.7 Å². The van der Waals surface area contributed by atoms with E-state index in [-0.39, 0.29) is 12.0 Å². The predicted octanol–water partition coefficient (Wildman–Crippen LogP) is 2.01. The number of aromatic nitrogens is 1. The Labute approximate surface area is 111 Å². The van der Waals surface area contributed by atoms with E-state index in [1.165, 1.54) is 17.2 Å². The van der Waals surface area contributed by atoms with Crippen LogP contribution in [0.3, 0.4) is 0 Å². The molecule has 1 fully saturated rings. The molecule has 2 unspecified atom stereocenters. The molecule has 6 heteroatoms. The van der Waals surface area contributed by atoms with Gasteiger partial charge >= 0.3 is 6.09 Å². The number of carboxylic acid groups (broad SMARTS) is 1. The Bertz CT molecular complexity index is 481. The van der Waals surface area contributed by atoms with Crippen LogP contribution in [0.4, 0.5) is 9.18 Å². The van der Waals surface area contributed by atoms with Gasteiger partial charge in [-0.25, -0.2) is 9.78 Å². The summed E-state index contributed by atoms with van der Waals surface area (Å²) < 4.78 is 18.4. The van der Waals surface area contributed by atoms with Gasteiger partial charge in [-0.05, 0) is 30.5 Å². The van der Waals surface area contributed by atoms with Gasteiger partial charge < -0.3 is 14.7 Å². The van der Waals surface area contributed by atoms with Gasteiger partial charge in [-0.2, -0.15) is 4.39 Å². The van der Waals surface area contributed by atoms with Gasteiger partial charge in [0.1, 0.15) is 0 Å². The summed E-state index contributed by atoms with van der Waals surface area (Å²) in [4.78, 5) is 16.0. The Morgan fingerprint density at radius 1 is 1.63 bits per heavy atom. The van der Waals surface area contributed by atoms with E-state index >= 15 is 0 Å². The summed E-state index contributed by atoms with van der Waals surface area (Å²) >= 11 is 0. The lowest BCUT2D eigenvalue weighted by molar-refractivity contribution is 0.0175. The van der Waals surface area contributed by atoms with Crippen LogP contribution in [-0.2, 0) is 4.74 Å². The molecule has 2 rings (SSSR count). The van der Waals surface area contributed by atoms with Crippen LogP contribution in [-0.4, -0.2) is 47.4 Å². The Kier molecular flexibility index (Phi) is 3.99. The van der Waals surface area contributed by atoms with Crippen molar-refractivity contribution in [2.75, 3.05) is 20.2 Å². The number of amides is 1. The fourth-order valence-electron chi connectivity index (χ4n) is 2.61. The van der Waals surface area contributed by atoms with Crippen LogP contribution in [0.15, 0.2) is 12.3 Å². The Morgan fingerprint density at radius 3 is 2.95 bits per heavy atom. The van der Waals surface area contributed by atoms with Crippen LogP contribution in [0.5, 0.6) is 0 Å². The lowest BCUT2D eigenvalue weighted by Crippen LogP contribution is -2.46. The Hall–Kier alpha value is -1.69. The molecule has 19 heavy (non-hydrogen) atoms. The number of methoxy groups -OCH3 is 1. The SMILES string of the molecule is COC1CN(C(=O)O)CCC1c1cnc(F)cc1C. The van der Waals surface area contributed by atoms with Crippen molar-refractivity contribution in [3.8, 4) is 0 Å². The van der Waals surface area contributed by atoms with Gasteiger partial charge in [0.15, 0.2) is 0 Å². The number of pyridine rings is 1. The highest BCUT2D eigenvalue weighted by Crippen LogP contribution is 2.31. The van der Waals surface area contributed by atoms with E-state index in [0.29, 0.717) is 19.5 Å². The van der Waals surface area contributed by atoms with Crippen molar-refractivity contribution in [1.82, 2.24) is 9.88 Å². The molecule has 0 aromatic carbocycles. The predicted molar refractivity (Wildman–Crippen MR) is 66.7 cm³/mol. The Morgan fingerprint density at radius 2 is 2.37 bits per heavy atom. The van der Waals surface area contributed by atoms with E-state index in [9.17, 15) is 9.18 Å². The van der Waals surface area contributed by atoms with Crippen LogP contribution < -0.4 is 0 Å². The van der Waals surface area contributed by atoms with Crippen molar-refractivity contribution in [3.05, 3.63) is 29.3 Å². The standard InChI is InChI=1S/C13H17FN2O3/c1-8-5-12(14)15-6-10(8)9-3-4-16(13(17)18)7-11(9)19-2/h5-6,9,11H,3-4,7H2,1-2H3,(H,17,18). The quantitative estimate of drug-likeness (QED) is 0.833. The van der Waals surface area contributed by atoms with Crippen LogP contribution >= 0.6 is 0 Å². The number of carbonyl (C=O) groups is 1. The molecule has 0 bridgehead atoms. The molecule has 1 aliphatic heterocycles. The van der Waals surface area contributed by atoms with Gasteiger partial charge in [0.2, 0.25) is 5.95 Å². The lowest BCUT2D eigenvalue weighted by atomic mass is 9.86. The third kappa shape index (κ3) is 2.84. The highest BCUT2D eigenvalue weighted by Gasteiger charge is 2.33. The fraction of sp³-hybridized carbons (Fsp3) is 0.538. The lowest BCUT2D eigenvalue weighted by Gasteiger charge is -2.37. The first-order valence-electron chi connectivity index (χ1n) is 6.15. The highest BCUT2D eigenvalue weighted by molar-refractivity contribution is 5.65. The van der Waals surface area contributed by atoms with Crippen molar-refractivity contribution < 1.29 is 19.0 Å². The molecule has 0 radical (unpaired) electrons. The number of hydrogen-bond acceptors (Lipinski definition) is 3. The summed E-state index contributed by atoms with van der Waals surface area (Å²) in [5.41, 5.74) is 1.75. The molecular weight excluding hydrogens is 251 g/mol. The van der Waals surface area contributed by atoms with Crippen molar-refractivity contribution in [2.45, 2.75) is 25.4 Å². The monoisotopic (exact) mass is 268 g/mol. The van der Waals surface area contributed by atoms with E-state index in [1.54, 1.807) is 7.11 Å². The van der Waals surface area contributed by atoms with Gasteiger partial charge in [0.25, 0.3) is 0 Å². The third-order valence-electron chi connectivity index (χ3n) is 3.65. The number of likely N-dealkylation sites (tertiary alicyclic amines) is 1. The minimum atomic E-state index is -0.936. The summed E-state index contributed by atoms with van der Waals surface area (Å²) in [6, 6.07) is 1.39. The van der Waals surface area contributed by atoms with E-state index in [0.717, 1.165) is 11.1 Å². The molecule has 0 spiro atoms. The molecule has 2 heterocycles. The molecule has 0 saturated carbocycles. The second-order valence-electron chi connectivity index (χ2n) is 4.76. The molecule has 1 aromatic heterocycles. The first-order valence-corrected chi connectivity index (χ1v) is 6.15. The summed E-state index contributed by atoms with van der Waals surface area (Å²) in [6.07, 6.45) is 1.02. The van der Waals surface area contributed by atoms with Crippen molar-refractivity contribution in [1.29, 1.82) is 0 Å². The van der Waals surface area contributed by atoms with Gasteiger partial charge in [0.05, 0.1) is 12.6 Å². The van der Waals surface area contributed by atoms with Gasteiger partial charge in [0, 0.05) is 25.8 Å². The smallest absolute Gasteiger partial charge is 0.407 e. The maximum atomic E-state index is 13.0. The van der Waals surface area contributed by atoms with Gasteiger partial charge in [-0.1, -0.05) is 0 Å². The first-order chi connectivity index (χ1) is 9.02. The molecule has 0 aliphatic carbocycles. The van der Waals surface area contributed by atoms with Gasteiger partial charge in [-0.3, -0.25) is 0 Å². The molecule has 1 saturated heterocycles. The fourth-order valence-corrected chi connectivity index (χ4v) is 2.61. The van der Waals surface area contributed by atoms with Crippen molar-refractivity contribution in [2.24, 2.45) is 0 Å². The summed E-state index contributed by atoms with van der Waals surface area (Å²) in [7, 11) is 1.56. The number of piperidine rings is 1. The summed E-state index contributed by atoms with van der Waals surface area (Å²) in [5.74, 6) is -0.452. The van der Waals surface area contributed by atoms with E-state index in [4.69, 9.17) is 9.84 Å². The van der Waals surface area contributed by atoms with E-state index in [2.05, 4.69) is 4.98 Å². The summed E-state index contributed by atoms with van der Waals surface area (Å²) in [5, 5.41) is 9.01. The highest BCUT2D eigenvalue weighted by atomic mass is 19.1. The number of rotatable bonds is 2. The van der Waals surface area contributed by atoms with E-state index in [1.807, 2.05) is 6.92 Å². The first kappa shape index (κ1) is 13.7. The second kappa shape index (κ2) is 5.52. The van der Waals surface area contributed by atoms with E-state index < -0.39 is 12.0 Å². The van der Waals surface area contributed by atoms with Crippen LogP contribution in [0.25, 0.3) is 0 Å². The molecule has 1 aliphatic rings. The van der Waals surface area contributed by atoms with Crippen molar-refractivity contribution in [3.63, 3.8) is 0 Å². The number of halogens is 1. The largest absolute Gasteiger partial charge is 0.465 e. The minimum Gasteiger partial charge on any atom is -0.465 e. The zero-order valence-corrected chi connectivity index (χ0v) is 11.0. The third-order valence-corrected chi connectivity index (χ3v) is 3.65. The number of ether oxygens (including phenoxy) is 1. The zero-order valence-electron chi connectivity index (χ0n) is 11.0. The van der Waals surface area contributed by atoms with Crippen LogP contribution in [0.1, 0.15) is 23.5 Å². The van der Waals surface area contributed by atoms with Crippen LogP contribution in [0.2, 0.25) is 0 Å². The zero-order chi connectivity index (χ0) is 14.0. The average molecular weight is 268 g/mol. The minimum absolute atomic E-state index is 0.0497. The normalized spacial score (nSPS) is 23.4. The van der Waals surface area contributed by atoms with Crippen LogP contribution in [0, 0.1) is 12.9 Å². The summed E-state index contributed by atoms with van der Waals surface area (Å²) in [6.45, 7) is 2.61. The number of aryl methyl sites for hydroxylation is 1. The molecule has 104 valence electrons. The maximum Gasteiger partial charge on any atom is 0.407 e. The molecule has 5 nitrogen and oxygen atoms in total. The van der Waals surface area contributed by atoms with Gasteiger partial charge in [-0.15, -0.1) is 0 Å². The Balaban J connectivity index is 2.22. The molecule has 1 aromatic rings.